The first-order valence-corrected chi connectivity index (χ1v) is 12.3. The molecule has 3 aromatic rings. The van der Waals surface area contributed by atoms with Crippen LogP contribution in [0.15, 0.2) is 48.7 Å². The first kappa shape index (κ1) is 24.1. The molecule has 10 heteroatoms. The van der Waals surface area contributed by atoms with Gasteiger partial charge in [-0.3, -0.25) is 4.79 Å². The lowest BCUT2D eigenvalue weighted by Gasteiger charge is -2.37. The number of hydrogen-bond donors (Lipinski definition) is 2. The Bertz CT molecular complexity index is 1270. The van der Waals surface area contributed by atoms with Crippen molar-refractivity contribution in [3.63, 3.8) is 0 Å². The number of likely N-dealkylation sites (N-methyl/N-ethyl adjacent to an activating group) is 2. The summed E-state index contributed by atoms with van der Waals surface area (Å²) in [5.74, 6) is 1.40. The highest BCUT2D eigenvalue weighted by molar-refractivity contribution is 6.32. The number of nitrogens with one attached hydrogen (secondary N) is 2. The van der Waals surface area contributed by atoms with E-state index in [1.54, 1.807) is 32.0 Å². The molecule has 5 rings (SSSR count). The molecule has 2 aromatic carbocycles. The summed E-state index contributed by atoms with van der Waals surface area (Å²) in [5.41, 5.74) is 2.58. The van der Waals surface area contributed by atoms with Crippen molar-refractivity contribution in [2.45, 2.75) is 19.4 Å². The molecule has 0 spiro atoms. The van der Waals surface area contributed by atoms with E-state index in [2.05, 4.69) is 49.6 Å². The van der Waals surface area contributed by atoms with Crippen LogP contribution in [-0.4, -0.2) is 66.7 Å². The summed E-state index contributed by atoms with van der Waals surface area (Å²) >= 11 is 6.39. The van der Waals surface area contributed by atoms with Gasteiger partial charge in [-0.2, -0.15) is 4.98 Å². The lowest BCUT2D eigenvalue weighted by atomic mass is 10.0. The number of fused-ring (bicyclic) bond motifs is 1. The van der Waals surface area contributed by atoms with Gasteiger partial charge in [-0.25, -0.2) is 4.98 Å². The van der Waals surface area contributed by atoms with Crippen LogP contribution in [0.3, 0.4) is 0 Å². The van der Waals surface area contributed by atoms with Gasteiger partial charge in [-0.15, -0.1) is 0 Å². The van der Waals surface area contributed by atoms with Crippen LogP contribution in [0.25, 0.3) is 0 Å². The molecule has 0 radical (unpaired) electrons. The Morgan fingerprint density at radius 2 is 1.67 bits per heavy atom. The highest BCUT2D eigenvalue weighted by Crippen LogP contribution is 2.39. The summed E-state index contributed by atoms with van der Waals surface area (Å²) in [5, 5.41) is 6.86. The van der Waals surface area contributed by atoms with Crippen LogP contribution in [-0.2, 0) is 4.79 Å². The zero-order valence-corrected chi connectivity index (χ0v) is 21.6. The number of anilines is 6. The molecular weight excluding hydrogens is 478 g/mol. The number of nitrogens with zero attached hydrogens (tertiary/aromatic N) is 5. The Morgan fingerprint density at radius 3 is 2.39 bits per heavy atom. The van der Waals surface area contributed by atoms with Gasteiger partial charge in [0.05, 0.1) is 11.9 Å². The standard InChI is InChI=1S/C26H30ClN7O2/c1-26(2)24(35)33(4)21-15-18(7-10-22(21)36-26)29-23-20(27)16-28-25(31-23)30-17-5-8-19(9-6-17)34-13-11-32(3)12-14-34/h5-10,15-16H,11-14H2,1-4H3,(H2,28,29,30,31). The third-order valence-corrected chi connectivity index (χ3v) is 6.78. The Kier molecular flexibility index (Phi) is 6.36. The number of carbonyl (C=O) groups excluding carboxylic acids is 1. The van der Waals surface area contributed by atoms with Gasteiger partial charge in [0.2, 0.25) is 5.95 Å². The number of carbonyl (C=O) groups is 1. The Labute approximate surface area is 216 Å². The minimum atomic E-state index is -0.907. The maximum atomic E-state index is 12.6. The van der Waals surface area contributed by atoms with E-state index in [0.717, 1.165) is 37.6 Å². The van der Waals surface area contributed by atoms with E-state index in [-0.39, 0.29) is 5.91 Å². The van der Waals surface area contributed by atoms with E-state index < -0.39 is 5.60 Å². The fraction of sp³-hybridized carbons (Fsp3) is 0.346. The number of ether oxygens (including phenoxy) is 1. The van der Waals surface area contributed by atoms with Crippen molar-refractivity contribution in [1.29, 1.82) is 0 Å². The molecule has 2 N–H and O–H groups in total. The van der Waals surface area contributed by atoms with Gasteiger partial charge < -0.3 is 30.1 Å². The van der Waals surface area contributed by atoms with Crippen LogP contribution >= 0.6 is 11.6 Å². The molecule has 3 heterocycles. The molecule has 36 heavy (non-hydrogen) atoms. The molecule has 0 atom stereocenters. The summed E-state index contributed by atoms with van der Waals surface area (Å²) < 4.78 is 5.88. The maximum absolute atomic E-state index is 12.6. The van der Waals surface area contributed by atoms with Crippen molar-refractivity contribution in [1.82, 2.24) is 14.9 Å². The monoisotopic (exact) mass is 507 g/mol. The second-order valence-corrected chi connectivity index (χ2v) is 10.0. The van der Waals surface area contributed by atoms with Gasteiger partial charge in [-0.1, -0.05) is 11.6 Å². The van der Waals surface area contributed by atoms with Gasteiger partial charge in [0.1, 0.15) is 10.8 Å². The summed E-state index contributed by atoms with van der Waals surface area (Å²) in [6.45, 7) is 7.70. The number of piperazine rings is 1. The summed E-state index contributed by atoms with van der Waals surface area (Å²) in [6.07, 6.45) is 1.55. The highest BCUT2D eigenvalue weighted by atomic mass is 35.5. The third kappa shape index (κ3) is 4.89. The van der Waals surface area contributed by atoms with E-state index in [0.29, 0.717) is 28.2 Å². The smallest absolute Gasteiger partial charge is 0.270 e. The number of rotatable bonds is 5. The predicted molar refractivity (Wildman–Crippen MR) is 144 cm³/mol. The summed E-state index contributed by atoms with van der Waals surface area (Å²) in [6, 6.07) is 13.8. The molecule has 1 saturated heterocycles. The van der Waals surface area contributed by atoms with E-state index in [9.17, 15) is 4.79 Å². The van der Waals surface area contributed by atoms with Crippen molar-refractivity contribution in [2.24, 2.45) is 0 Å². The molecule has 1 aromatic heterocycles. The van der Waals surface area contributed by atoms with E-state index in [4.69, 9.17) is 16.3 Å². The Hall–Kier alpha value is -3.56. The van der Waals surface area contributed by atoms with E-state index in [1.807, 2.05) is 30.3 Å². The van der Waals surface area contributed by atoms with Crippen molar-refractivity contribution < 1.29 is 9.53 Å². The number of hydrogen-bond acceptors (Lipinski definition) is 8. The van der Waals surface area contributed by atoms with Crippen molar-refractivity contribution in [2.75, 3.05) is 60.7 Å². The largest absolute Gasteiger partial charge is 0.476 e. The average molecular weight is 508 g/mol. The van der Waals surface area contributed by atoms with Crippen LogP contribution in [0.2, 0.25) is 5.02 Å². The van der Waals surface area contributed by atoms with E-state index in [1.165, 1.54) is 5.69 Å². The lowest BCUT2D eigenvalue weighted by molar-refractivity contribution is -0.132. The van der Waals surface area contributed by atoms with Crippen LogP contribution in [0.1, 0.15) is 13.8 Å². The van der Waals surface area contributed by atoms with Crippen LogP contribution in [0.5, 0.6) is 5.75 Å². The van der Waals surface area contributed by atoms with Gasteiger partial charge in [0.15, 0.2) is 11.4 Å². The normalized spacial score (nSPS) is 17.4. The molecule has 1 fully saturated rings. The summed E-state index contributed by atoms with van der Waals surface area (Å²) in [4.78, 5) is 27.8. The topological polar surface area (TPSA) is 85.9 Å². The molecule has 0 saturated carbocycles. The fourth-order valence-electron chi connectivity index (χ4n) is 4.38. The first-order chi connectivity index (χ1) is 17.2. The van der Waals surface area contributed by atoms with Gasteiger partial charge in [0.25, 0.3) is 5.91 Å². The number of aromatic nitrogens is 2. The molecule has 0 unspecified atom stereocenters. The summed E-state index contributed by atoms with van der Waals surface area (Å²) in [7, 11) is 3.89. The highest BCUT2D eigenvalue weighted by Gasteiger charge is 2.39. The fourth-order valence-corrected chi connectivity index (χ4v) is 4.51. The molecule has 9 nitrogen and oxygen atoms in total. The molecule has 2 aliphatic rings. The van der Waals surface area contributed by atoms with Crippen LogP contribution in [0.4, 0.5) is 34.5 Å². The SMILES string of the molecule is CN1CCN(c2ccc(Nc3ncc(Cl)c(Nc4ccc5c(c4)N(C)C(=O)C(C)(C)O5)n3)cc2)CC1. The molecule has 0 bridgehead atoms. The number of benzene rings is 2. The average Bonchev–Trinajstić information content (AvgIpc) is 2.86. The zero-order valence-electron chi connectivity index (χ0n) is 20.9. The van der Waals surface area contributed by atoms with Gasteiger partial charge in [0, 0.05) is 50.3 Å². The van der Waals surface area contributed by atoms with Crippen LogP contribution < -0.4 is 25.2 Å². The first-order valence-electron chi connectivity index (χ1n) is 11.9. The molecule has 0 aliphatic carbocycles. The minimum absolute atomic E-state index is 0.114. The Balaban J connectivity index is 1.30. The molecule has 188 valence electrons. The van der Waals surface area contributed by atoms with Crippen molar-refractivity contribution in [3.05, 3.63) is 53.7 Å². The second-order valence-electron chi connectivity index (χ2n) is 9.64. The molecule has 1 amide bonds. The maximum Gasteiger partial charge on any atom is 0.270 e. The minimum Gasteiger partial charge on any atom is -0.476 e. The van der Waals surface area contributed by atoms with E-state index >= 15 is 0 Å². The molecule has 2 aliphatic heterocycles. The quantitative estimate of drug-likeness (QED) is 0.522. The predicted octanol–water partition coefficient (Wildman–Crippen LogP) is 4.50. The zero-order chi connectivity index (χ0) is 25.4. The lowest BCUT2D eigenvalue weighted by Crippen LogP contribution is -2.50. The van der Waals surface area contributed by atoms with Gasteiger partial charge >= 0.3 is 0 Å². The Morgan fingerprint density at radius 1 is 0.972 bits per heavy atom. The number of amides is 1. The second kappa shape index (κ2) is 9.48. The van der Waals surface area contributed by atoms with Crippen molar-refractivity contribution in [3.8, 4) is 5.75 Å². The van der Waals surface area contributed by atoms with Crippen LogP contribution in [0, 0.1) is 0 Å². The van der Waals surface area contributed by atoms with Gasteiger partial charge in [-0.05, 0) is 63.4 Å². The van der Waals surface area contributed by atoms with Crippen molar-refractivity contribution >= 4 is 52.0 Å². The number of halogens is 1. The molecular formula is C26H30ClN7O2. The third-order valence-electron chi connectivity index (χ3n) is 6.50.